The first-order valence-corrected chi connectivity index (χ1v) is 8.39. The summed E-state index contributed by atoms with van der Waals surface area (Å²) in [6, 6.07) is 18.5. The maximum absolute atomic E-state index is 13.0. The van der Waals surface area contributed by atoms with Crippen LogP contribution in [0.3, 0.4) is 0 Å². The monoisotopic (exact) mass is 334 g/mol. The number of para-hydroxylation sites is 1. The molecule has 1 amide bonds. The number of benzene rings is 2. The Morgan fingerprint density at radius 1 is 0.960 bits per heavy atom. The highest BCUT2D eigenvalue weighted by Gasteiger charge is 2.29. The summed E-state index contributed by atoms with van der Waals surface area (Å²) in [6.07, 6.45) is 2.85. The lowest BCUT2D eigenvalue weighted by Gasteiger charge is -2.33. The van der Waals surface area contributed by atoms with E-state index < -0.39 is 0 Å². The maximum Gasteiger partial charge on any atom is 0.276 e. The number of carbonyl (C=O) groups is 2. The normalized spacial score (nSPS) is 16.1. The first-order chi connectivity index (χ1) is 11.9. The van der Waals surface area contributed by atoms with Crippen molar-refractivity contribution in [3.8, 4) is 0 Å². The van der Waals surface area contributed by atoms with E-state index in [1.165, 1.54) is 5.01 Å². The van der Waals surface area contributed by atoms with Gasteiger partial charge in [-0.3, -0.25) is 15.0 Å². The Labute approximate surface area is 148 Å². The van der Waals surface area contributed by atoms with Crippen LogP contribution >= 0.6 is 0 Å². The molecule has 0 bridgehead atoms. The van der Waals surface area contributed by atoms with Gasteiger partial charge in [-0.2, -0.15) is 0 Å². The van der Waals surface area contributed by atoms with E-state index in [-0.39, 0.29) is 17.1 Å². The van der Waals surface area contributed by atoms with Crippen LogP contribution in [0.1, 0.15) is 37.0 Å². The molecule has 0 aromatic heterocycles. The fraction of sp³-hybridized carbons (Fsp3) is 0.238. The topological polar surface area (TPSA) is 49.4 Å². The highest BCUT2D eigenvalue weighted by Crippen LogP contribution is 2.33. The molecule has 1 aliphatic rings. The quantitative estimate of drug-likeness (QED) is 0.856. The summed E-state index contributed by atoms with van der Waals surface area (Å²) in [6.45, 7) is 4.12. The predicted octanol–water partition coefficient (Wildman–Crippen LogP) is 4.11. The van der Waals surface area contributed by atoms with Gasteiger partial charge < -0.3 is 0 Å². The molecule has 2 aromatic carbocycles. The third-order valence-electron chi connectivity index (χ3n) is 4.15. The molecule has 0 spiro atoms. The molecule has 3 rings (SSSR count). The van der Waals surface area contributed by atoms with Gasteiger partial charge in [0.25, 0.3) is 5.91 Å². The number of ketones is 1. The molecule has 0 radical (unpaired) electrons. The fourth-order valence-electron chi connectivity index (χ4n) is 3.08. The minimum absolute atomic E-state index is 0.0823. The van der Waals surface area contributed by atoms with Gasteiger partial charge in [-0.25, -0.2) is 5.01 Å². The van der Waals surface area contributed by atoms with Crippen molar-refractivity contribution in [2.75, 3.05) is 5.01 Å². The molecule has 1 aliphatic carbocycles. The Bertz CT molecular complexity index is 795. The summed E-state index contributed by atoms with van der Waals surface area (Å²) < 4.78 is 0. The molecular formula is C21H22N2O2. The molecule has 25 heavy (non-hydrogen) atoms. The second kappa shape index (κ2) is 6.93. The zero-order valence-corrected chi connectivity index (χ0v) is 14.5. The number of nitrogens with zero attached hydrogens (tertiary/aromatic N) is 1. The number of nitrogens with one attached hydrogen (secondary N) is 1. The van der Waals surface area contributed by atoms with E-state index in [0.29, 0.717) is 18.4 Å². The molecule has 0 heterocycles. The molecule has 0 saturated carbocycles. The van der Waals surface area contributed by atoms with Crippen LogP contribution in [0.2, 0.25) is 0 Å². The molecule has 4 nitrogen and oxygen atoms in total. The lowest BCUT2D eigenvalue weighted by molar-refractivity contribution is -0.117. The Morgan fingerprint density at radius 3 is 2.16 bits per heavy atom. The molecule has 0 aliphatic heterocycles. The molecule has 2 aromatic rings. The summed E-state index contributed by atoms with van der Waals surface area (Å²) in [5.74, 6) is -0.0811. The zero-order chi connectivity index (χ0) is 17.9. The number of carbonyl (C=O) groups excluding carboxylic acids is 2. The van der Waals surface area contributed by atoms with Gasteiger partial charge in [0, 0.05) is 23.8 Å². The largest absolute Gasteiger partial charge is 0.295 e. The number of hydrogen-bond acceptors (Lipinski definition) is 3. The van der Waals surface area contributed by atoms with E-state index in [9.17, 15) is 9.59 Å². The third-order valence-corrected chi connectivity index (χ3v) is 4.15. The standard InChI is InChI=1S/C21H22N2O2/c1-21(2)14-17(13-19(24)15-21)22-23(18-11-7-4-8-12-18)20(25)16-9-5-3-6-10-16/h3-13,22H,14-15H2,1-2H3. The van der Waals surface area contributed by atoms with Crippen LogP contribution < -0.4 is 10.4 Å². The van der Waals surface area contributed by atoms with Crippen LogP contribution in [0, 0.1) is 5.41 Å². The highest BCUT2D eigenvalue weighted by molar-refractivity contribution is 6.05. The van der Waals surface area contributed by atoms with Crippen LogP contribution in [-0.2, 0) is 4.79 Å². The Kier molecular flexibility index (Phi) is 4.70. The van der Waals surface area contributed by atoms with Crippen molar-refractivity contribution in [2.24, 2.45) is 5.41 Å². The molecule has 1 N–H and O–H groups in total. The molecule has 0 atom stereocenters. The van der Waals surface area contributed by atoms with Crippen molar-refractivity contribution in [3.63, 3.8) is 0 Å². The van der Waals surface area contributed by atoms with Gasteiger partial charge in [0.1, 0.15) is 0 Å². The summed E-state index contributed by atoms with van der Waals surface area (Å²) in [7, 11) is 0. The highest BCUT2D eigenvalue weighted by atomic mass is 16.2. The van der Waals surface area contributed by atoms with Gasteiger partial charge in [0.15, 0.2) is 5.78 Å². The Hall–Kier alpha value is -2.88. The van der Waals surface area contributed by atoms with E-state index in [4.69, 9.17) is 0 Å². The van der Waals surface area contributed by atoms with Crippen LogP contribution in [0.15, 0.2) is 72.4 Å². The van der Waals surface area contributed by atoms with Crippen LogP contribution in [0.4, 0.5) is 5.69 Å². The van der Waals surface area contributed by atoms with Crippen molar-refractivity contribution < 1.29 is 9.59 Å². The molecule has 0 saturated heterocycles. The number of hydrazine groups is 1. The molecular weight excluding hydrogens is 312 g/mol. The summed E-state index contributed by atoms with van der Waals surface area (Å²) >= 11 is 0. The third kappa shape index (κ3) is 4.15. The maximum atomic E-state index is 13.0. The lowest BCUT2D eigenvalue weighted by atomic mass is 9.79. The number of allylic oxidation sites excluding steroid dienone is 2. The lowest BCUT2D eigenvalue weighted by Crippen LogP contribution is -2.44. The summed E-state index contributed by atoms with van der Waals surface area (Å²) in [4.78, 5) is 25.0. The first kappa shape index (κ1) is 17.0. The van der Waals surface area contributed by atoms with E-state index >= 15 is 0 Å². The van der Waals surface area contributed by atoms with Gasteiger partial charge in [0.2, 0.25) is 0 Å². The summed E-state index contributed by atoms with van der Waals surface area (Å²) in [5.41, 5.74) is 5.13. The molecule has 128 valence electrons. The van der Waals surface area contributed by atoms with Gasteiger partial charge >= 0.3 is 0 Å². The van der Waals surface area contributed by atoms with Crippen LogP contribution in [-0.4, -0.2) is 11.7 Å². The zero-order valence-electron chi connectivity index (χ0n) is 14.5. The van der Waals surface area contributed by atoms with Gasteiger partial charge in [-0.05, 0) is 36.1 Å². The van der Waals surface area contributed by atoms with Crippen molar-refractivity contribution in [1.29, 1.82) is 0 Å². The second-order valence-corrected chi connectivity index (χ2v) is 7.11. The molecule has 0 fully saturated rings. The smallest absolute Gasteiger partial charge is 0.276 e. The Morgan fingerprint density at radius 2 is 1.56 bits per heavy atom. The number of hydrogen-bond donors (Lipinski definition) is 1. The second-order valence-electron chi connectivity index (χ2n) is 7.11. The molecule has 4 heteroatoms. The SMILES string of the molecule is CC1(C)CC(=O)C=C(NN(C(=O)c2ccccc2)c2ccccc2)C1. The fourth-order valence-corrected chi connectivity index (χ4v) is 3.08. The van der Waals surface area contributed by atoms with Crippen molar-refractivity contribution in [3.05, 3.63) is 78.0 Å². The van der Waals surface area contributed by atoms with E-state index in [0.717, 1.165) is 11.4 Å². The van der Waals surface area contributed by atoms with E-state index in [2.05, 4.69) is 19.3 Å². The minimum Gasteiger partial charge on any atom is -0.295 e. The van der Waals surface area contributed by atoms with Crippen LogP contribution in [0.25, 0.3) is 0 Å². The van der Waals surface area contributed by atoms with Crippen molar-refractivity contribution in [2.45, 2.75) is 26.7 Å². The first-order valence-electron chi connectivity index (χ1n) is 8.39. The average Bonchev–Trinajstić information content (AvgIpc) is 2.59. The van der Waals surface area contributed by atoms with Gasteiger partial charge in [-0.1, -0.05) is 50.2 Å². The van der Waals surface area contributed by atoms with Gasteiger partial charge in [0.05, 0.1) is 5.69 Å². The van der Waals surface area contributed by atoms with E-state index in [1.54, 1.807) is 18.2 Å². The van der Waals surface area contributed by atoms with Crippen molar-refractivity contribution >= 4 is 17.4 Å². The number of anilines is 1. The van der Waals surface area contributed by atoms with Crippen molar-refractivity contribution in [1.82, 2.24) is 5.43 Å². The van der Waals surface area contributed by atoms with E-state index in [1.807, 2.05) is 48.5 Å². The number of amides is 1. The molecule has 0 unspecified atom stereocenters. The minimum atomic E-state index is -0.163. The number of rotatable bonds is 4. The predicted molar refractivity (Wildman–Crippen MR) is 98.9 cm³/mol. The summed E-state index contributed by atoms with van der Waals surface area (Å²) in [5, 5.41) is 1.51. The Balaban J connectivity index is 1.93. The van der Waals surface area contributed by atoms with Crippen LogP contribution in [0.5, 0.6) is 0 Å². The van der Waals surface area contributed by atoms with Gasteiger partial charge in [-0.15, -0.1) is 0 Å². The average molecular weight is 334 g/mol.